The van der Waals surface area contributed by atoms with E-state index < -0.39 is 5.82 Å². The van der Waals surface area contributed by atoms with E-state index in [0.717, 1.165) is 16.5 Å². The molecule has 0 unspecified atom stereocenters. The summed E-state index contributed by atoms with van der Waals surface area (Å²) in [6.07, 6.45) is 3.41. The highest BCUT2D eigenvalue weighted by atomic mass is 32.2. The summed E-state index contributed by atoms with van der Waals surface area (Å²) in [4.78, 5) is 13.4. The van der Waals surface area contributed by atoms with Gasteiger partial charge in [0.15, 0.2) is 5.82 Å². The molecule has 5 rings (SSSR count). The molecular weight excluding hydrogens is 389 g/mol. The number of nitrogens with zero attached hydrogens (tertiary/aromatic N) is 5. The van der Waals surface area contributed by atoms with Crippen LogP contribution in [0.25, 0.3) is 33.7 Å². The van der Waals surface area contributed by atoms with E-state index in [1.165, 1.54) is 17.8 Å². The molecule has 3 heterocycles. The molecule has 0 aliphatic carbocycles. The summed E-state index contributed by atoms with van der Waals surface area (Å²) in [5.74, 6) is 0.253. The van der Waals surface area contributed by atoms with Crippen LogP contribution in [0.1, 0.15) is 0 Å². The Balaban J connectivity index is 1.56. The minimum absolute atomic E-state index is 0.122. The largest absolute Gasteiger partial charge is 0.411 e. The smallest absolute Gasteiger partial charge is 0.283 e. The van der Waals surface area contributed by atoms with Gasteiger partial charge in [0, 0.05) is 23.3 Å². The van der Waals surface area contributed by atoms with Crippen molar-refractivity contribution in [3.8, 4) is 22.8 Å². The van der Waals surface area contributed by atoms with E-state index in [1.54, 1.807) is 30.6 Å². The average molecular weight is 401 g/mol. The Morgan fingerprint density at radius 1 is 0.862 bits per heavy atom. The van der Waals surface area contributed by atoms with Crippen LogP contribution in [0.15, 0.2) is 87.7 Å². The number of benzene rings is 2. The lowest BCUT2D eigenvalue weighted by Crippen LogP contribution is -1.94. The van der Waals surface area contributed by atoms with E-state index in [2.05, 4.69) is 25.1 Å². The minimum Gasteiger partial charge on any atom is -0.411 e. The Kier molecular flexibility index (Phi) is 4.45. The number of rotatable bonds is 4. The van der Waals surface area contributed by atoms with Crippen molar-refractivity contribution in [2.45, 2.75) is 10.2 Å². The third-order valence-corrected chi connectivity index (χ3v) is 5.03. The number of fused-ring (bicyclic) bond motifs is 1. The first-order chi connectivity index (χ1) is 14.3. The van der Waals surface area contributed by atoms with Crippen LogP contribution >= 0.6 is 11.8 Å². The molecule has 0 saturated carbocycles. The Morgan fingerprint density at radius 3 is 2.59 bits per heavy atom. The zero-order valence-corrected chi connectivity index (χ0v) is 15.7. The summed E-state index contributed by atoms with van der Waals surface area (Å²) < 4.78 is 19.7. The number of halogens is 1. The lowest BCUT2D eigenvalue weighted by molar-refractivity contribution is 0.462. The van der Waals surface area contributed by atoms with Gasteiger partial charge >= 0.3 is 0 Å². The van der Waals surface area contributed by atoms with Gasteiger partial charge in [-0.25, -0.2) is 14.4 Å². The lowest BCUT2D eigenvalue weighted by Gasteiger charge is -2.06. The quantitative estimate of drug-likeness (QED) is 0.391. The van der Waals surface area contributed by atoms with Crippen molar-refractivity contribution < 1.29 is 8.81 Å². The van der Waals surface area contributed by atoms with E-state index in [1.807, 2.05) is 36.4 Å². The van der Waals surface area contributed by atoms with Crippen molar-refractivity contribution in [2.75, 3.05) is 0 Å². The normalized spacial score (nSPS) is 11.1. The molecule has 0 aliphatic rings. The van der Waals surface area contributed by atoms with Crippen LogP contribution in [0.3, 0.4) is 0 Å². The van der Waals surface area contributed by atoms with E-state index in [0.29, 0.717) is 10.9 Å². The van der Waals surface area contributed by atoms with Gasteiger partial charge in [-0.05, 0) is 42.1 Å². The molecule has 140 valence electrons. The van der Waals surface area contributed by atoms with Gasteiger partial charge in [-0.1, -0.05) is 30.3 Å². The van der Waals surface area contributed by atoms with Crippen molar-refractivity contribution in [1.82, 2.24) is 25.1 Å². The van der Waals surface area contributed by atoms with Gasteiger partial charge < -0.3 is 4.42 Å². The van der Waals surface area contributed by atoms with Gasteiger partial charge in [0.2, 0.25) is 0 Å². The molecule has 0 amide bonds. The Morgan fingerprint density at radius 2 is 1.72 bits per heavy atom. The highest BCUT2D eigenvalue weighted by molar-refractivity contribution is 7.99. The Labute approximate surface area is 168 Å². The number of hydrogen-bond acceptors (Lipinski definition) is 7. The summed E-state index contributed by atoms with van der Waals surface area (Å²) in [5.41, 5.74) is 1.85. The van der Waals surface area contributed by atoms with E-state index in [9.17, 15) is 4.39 Å². The van der Waals surface area contributed by atoms with Crippen molar-refractivity contribution in [1.29, 1.82) is 0 Å². The second-order valence-electron chi connectivity index (χ2n) is 6.07. The fraction of sp³-hybridized carbons (Fsp3) is 0. The van der Waals surface area contributed by atoms with Gasteiger partial charge in [0.1, 0.15) is 10.8 Å². The van der Waals surface area contributed by atoms with E-state index in [-0.39, 0.29) is 16.7 Å². The highest BCUT2D eigenvalue weighted by Gasteiger charge is 2.16. The molecule has 2 aromatic carbocycles. The number of hydrogen-bond donors (Lipinski definition) is 0. The zero-order chi connectivity index (χ0) is 19.6. The first-order valence-electron chi connectivity index (χ1n) is 8.71. The van der Waals surface area contributed by atoms with Crippen molar-refractivity contribution in [3.05, 3.63) is 78.9 Å². The van der Waals surface area contributed by atoms with E-state index >= 15 is 0 Å². The van der Waals surface area contributed by atoms with Crippen LogP contribution in [-0.4, -0.2) is 25.1 Å². The molecule has 5 aromatic rings. The maximum Gasteiger partial charge on any atom is 0.283 e. The minimum atomic E-state index is -0.418. The Hall–Kier alpha value is -3.65. The summed E-state index contributed by atoms with van der Waals surface area (Å²) >= 11 is 1.21. The average Bonchev–Trinajstić information content (AvgIpc) is 3.23. The number of pyridine rings is 1. The van der Waals surface area contributed by atoms with Crippen LogP contribution in [0.5, 0.6) is 0 Å². The molecule has 3 aromatic heterocycles. The maximum atomic E-state index is 14.0. The zero-order valence-electron chi connectivity index (χ0n) is 14.9. The molecule has 0 saturated heterocycles. The van der Waals surface area contributed by atoms with E-state index in [4.69, 9.17) is 4.42 Å². The molecule has 6 nitrogen and oxygen atoms in total. The molecule has 29 heavy (non-hydrogen) atoms. The fourth-order valence-corrected chi connectivity index (χ4v) is 3.61. The van der Waals surface area contributed by atoms with Gasteiger partial charge in [-0.2, -0.15) is 0 Å². The molecule has 0 atom stereocenters. The second kappa shape index (κ2) is 7.40. The summed E-state index contributed by atoms with van der Waals surface area (Å²) in [5, 5.41) is 9.81. The summed E-state index contributed by atoms with van der Waals surface area (Å²) in [6.45, 7) is 0. The molecule has 8 heteroatoms. The molecule has 0 spiro atoms. The van der Waals surface area contributed by atoms with Crippen LogP contribution in [0.2, 0.25) is 0 Å². The third kappa shape index (κ3) is 3.45. The molecule has 0 radical (unpaired) electrons. The fourth-order valence-electron chi connectivity index (χ4n) is 2.83. The predicted molar refractivity (Wildman–Crippen MR) is 107 cm³/mol. The van der Waals surface area contributed by atoms with Gasteiger partial charge in [0.05, 0.1) is 11.1 Å². The highest BCUT2D eigenvalue weighted by Crippen LogP contribution is 2.34. The second-order valence-corrected chi connectivity index (χ2v) is 7.01. The number of aromatic nitrogens is 5. The summed E-state index contributed by atoms with van der Waals surface area (Å²) in [7, 11) is 0. The van der Waals surface area contributed by atoms with Gasteiger partial charge in [-0.15, -0.1) is 10.2 Å². The first kappa shape index (κ1) is 17.4. The molecule has 0 fully saturated rings. The molecule has 0 bridgehead atoms. The molecule has 0 aliphatic heterocycles. The monoisotopic (exact) mass is 401 g/mol. The van der Waals surface area contributed by atoms with Crippen LogP contribution in [0.4, 0.5) is 4.39 Å². The SMILES string of the molecule is Fc1ccccc1-c1nnc(Sc2nc(-c3cccnc3)nc3ccccc23)o1. The lowest BCUT2D eigenvalue weighted by atomic mass is 10.2. The topological polar surface area (TPSA) is 77.6 Å². The van der Waals surface area contributed by atoms with Gasteiger partial charge in [-0.3, -0.25) is 4.98 Å². The standard InChI is InChI=1S/C21H12FN5OS/c22-16-9-3-1-7-14(16)19-26-27-21(28-19)29-20-15-8-2-4-10-17(15)24-18(25-20)13-6-5-11-23-12-13/h1-12H. The van der Waals surface area contributed by atoms with Crippen molar-refractivity contribution in [2.24, 2.45) is 0 Å². The van der Waals surface area contributed by atoms with Crippen molar-refractivity contribution >= 4 is 22.7 Å². The van der Waals surface area contributed by atoms with Crippen LogP contribution < -0.4 is 0 Å². The van der Waals surface area contributed by atoms with Crippen LogP contribution in [-0.2, 0) is 0 Å². The van der Waals surface area contributed by atoms with Gasteiger partial charge in [0.25, 0.3) is 11.1 Å². The third-order valence-electron chi connectivity index (χ3n) is 4.18. The number of para-hydroxylation sites is 1. The molecular formula is C21H12FN5OS. The summed E-state index contributed by atoms with van der Waals surface area (Å²) in [6, 6.07) is 17.7. The van der Waals surface area contributed by atoms with Crippen molar-refractivity contribution in [3.63, 3.8) is 0 Å². The molecule has 0 N–H and O–H groups in total. The van der Waals surface area contributed by atoms with Crippen LogP contribution in [0, 0.1) is 5.82 Å². The Bertz CT molecular complexity index is 1310. The maximum absolute atomic E-state index is 14.0. The first-order valence-corrected chi connectivity index (χ1v) is 9.53. The predicted octanol–water partition coefficient (Wildman–Crippen LogP) is 5.03.